The van der Waals surface area contributed by atoms with Crippen molar-refractivity contribution in [2.45, 2.75) is 51.3 Å². The van der Waals surface area contributed by atoms with Crippen LogP contribution in [0, 0.1) is 11.8 Å². The van der Waals surface area contributed by atoms with Crippen molar-refractivity contribution < 1.29 is 24.3 Å². The predicted molar refractivity (Wildman–Crippen MR) is 125 cm³/mol. The van der Waals surface area contributed by atoms with Gasteiger partial charge in [-0.25, -0.2) is 0 Å². The number of thioether (sulfide) groups is 1. The molecule has 0 spiro atoms. The zero-order valence-corrected chi connectivity index (χ0v) is 19.6. The summed E-state index contributed by atoms with van der Waals surface area (Å²) in [5.74, 6) is -2.48. The topological polar surface area (TPSA) is 128 Å². The third-order valence-corrected chi connectivity index (χ3v) is 6.31. The molecule has 4 N–H and O–H groups in total. The van der Waals surface area contributed by atoms with Gasteiger partial charge in [0.25, 0.3) is 0 Å². The van der Waals surface area contributed by atoms with Crippen LogP contribution < -0.4 is 10.6 Å². The molecule has 0 bridgehead atoms. The number of hydrogen-bond donors (Lipinski definition) is 4. The molecule has 0 saturated carbocycles. The van der Waals surface area contributed by atoms with Crippen molar-refractivity contribution in [2.24, 2.45) is 11.8 Å². The number of carbonyl (C=O) groups is 4. The number of rotatable bonds is 11. The standard InChI is InChI=1S/C23H31N3O5S/c1-13(2)9-17(20(11-21(28)29)32-14(3)27)22(30)26-19(23(31)24-4)10-15-12-25-18-8-6-5-7-16(15)18/h5-8,12-13,17,19-20,25H,9-11H2,1-4H3,(H,24,31)(H,26,30)(H,28,29)/t17?,19-,20?/m0/s1. The average molecular weight is 462 g/mol. The maximum Gasteiger partial charge on any atom is 0.304 e. The molecular formula is C23H31N3O5S. The van der Waals surface area contributed by atoms with Crippen molar-refractivity contribution in [3.05, 3.63) is 36.0 Å². The van der Waals surface area contributed by atoms with Gasteiger partial charge in [0.1, 0.15) is 6.04 Å². The van der Waals surface area contributed by atoms with E-state index >= 15 is 0 Å². The number of aromatic amines is 1. The van der Waals surface area contributed by atoms with Gasteiger partial charge in [0, 0.05) is 42.7 Å². The molecule has 32 heavy (non-hydrogen) atoms. The minimum absolute atomic E-state index is 0.0988. The van der Waals surface area contributed by atoms with Gasteiger partial charge >= 0.3 is 5.97 Å². The highest BCUT2D eigenvalue weighted by Crippen LogP contribution is 2.29. The highest BCUT2D eigenvalue weighted by atomic mass is 32.2. The molecular weight excluding hydrogens is 430 g/mol. The van der Waals surface area contributed by atoms with Gasteiger partial charge in [-0.3, -0.25) is 19.2 Å². The van der Waals surface area contributed by atoms with E-state index in [-0.39, 0.29) is 29.8 Å². The number of carboxylic acids is 1. The van der Waals surface area contributed by atoms with Crippen molar-refractivity contribution in [1.82, 2.24) is 15.6 Å². The average Bonchev–Trinajstić information content (AvgIpc) is 3.12. The highest BCUT2D eigenvalue weighted by Gasteiger charge is 2.34. The van der Waals surface area contributed by atoms with Crippen LogP contribution in [-0.2, 0) is 25.6 Å². The van der Waals surface area contributed by atoms with Crippen LogP contribution in [0.15, 0.2) is 30.5 Å². The molecule has 0 aliphatic carbocycles. The first-order chi connectivity index (χ1) is 15.1. The molecule has 0 saturated heterocycles. The summed E-state index contributed by atoms with van der Waals surface area (Å²) >= 11 is 0.869. The molecule has 1 heterocycles. The number of hydrogen-bond acceptors (Lipinski definition) is 5. The number of nitrogens with one attached hydrogen (secondary N) is 3. The molecule has 3 atom stereocenters. The molecule has 9 heteroatoms. The Morgan fingerprint density at radius 2 is 1.81 bits per heavy atom. The number of likely N-dealkylation sites (N-methyl/N-ethyl adjacent to an activating group) is 1. The molecule has 0 radical (unpaired) electrons. The van der Waals surface area contributed by atoms with Gasteiger partial charge in [-0.2, -0.15) is 0 Å². The van der Waals surface area contributed by atoms with E-state index in [1.54, 1.807) is 0 Å². The third kappa shape index (κ3) is 7.12. The molecule has 2 rings (SSSR count). The molecule has 8 nitrogen and oxygen atoms in total. The lowest BCUT2D eigenvalue weighted by atomic mass is 9.91. The van der Waals surface area contributed by atoms with Crippen molar-refractivity contribution >= 4 is 45.6 Å². The Labute approximate surface area is 191 Å². The normalized spacial score (nSPS) is 14.0. The number of aliphatic carboxylic acids is 1. The van der Waals surface area contributed by atoms with E-state index < -0.39 is 29.1 Å². The molecule has 2 aromatic rings. The first kappa shape index (κ1) is 25.5. The second-order valence-electron chi connectivity index (χ2n) is 8.22. The lowest BCUT2D eigenvalue weighted by molar-refractivity contribution is -0.137. The molecule has 1 aromatic heterocycles. The van der Waals surface area contributed by atoms with Gasteiger partial charge in [0.05, 0.1) is 12.3 Å². The van der Waals surface area contributed by atoms with Crippen LogP contribution in [0.25, 0.3) is 10.9 Å². The van der Waals surface area contributed by atoms with Crippen LogP contribution in [0.1, 0.15) is 39.2 Å². The van der Waals surface area contributed by atoms with E-state index in [1.165, 1.54) is 14.0 Å². The van der Waals surface area contributed by atoms with Crippen LogP contribution in [0.5, 0.6) is 0 Å². The van der Waals surface area contributed by atoms with Gasteiger partial charge < -0.3 is 20.7 Å². The van der Waals surface area contributed by atoms with Crippen molar-refractivity contribution in [3.8, 4) is 0 Å². The maximum atomic E-state index is 13.3. The summed E-state index contributed by atoms with van der Waals surface area (Å²) in [7, 11) is 1.50. The Bertz CT molecular complexity index is 955. The van der Waals surface area contributed by atoms with Gasteiger partial charge in [-0.05, 0) is 24.0 Å². The Balaban J connectivity index is 2.29. The fourth-order valence-corrected chi connectivity index (χ4v) is 4.82. The number of carboxylic acid groups (broad SMARTS) is 1. The molecule has 0 fully saturated rings. The number of benzene rings is 1. The summed E-state index contributed by atoms with van der Waals surface area (Å²) in [5, 5.41) is 14.7. The molecule has 1 aromatic carbocycles. The Kier molecular flexibility index (Phi) is 9.31. The second-order valence-corrected chi connectivity index (χ2v) is 9.64. The Morgan fingerprint density at radius 1 is 1.12 bits per heavy atom. The van der Waals surface area contributed by atoms with E-state index in [1.807, 2.05) is 44.3 Å². The lowest BCUT2D eigenvalue weighted by Crippen LogP contribution is -2.50. The molecule has 2 unspecified atom stereocenters. The summed E-state index contributed by atoms with van der Waals surface area (Å²) in [6.07, 6.45) is 2.17. The van der Waals surface area contributed by atoms with Crippen LogP contribution in [0.2, 0.25) is 0 Å². The number of amides is 2. The Morgan fingerprint density at radius 3 is 2.41 bits per heavy atom. The van der Waals surface area contributed by atoms with Crippen LogP contribution in [0.3, 0.4) is 0 Å². The fourth-order valence-electron chi connectivity index (χ4n) is 3.77. The number of fused-ring (bicyclic) bond motifs is 1. The summed E-state index contributed by atoms with van der Waals surface area (Å²) in [6, 6.07) is 6.85. The lowest BCUT2D eigenvalue weighted by Gasteiger charge is -2.27. The van der Waals surface area contributed by atoms with Gasteiger partial charge in [0.2, 0.25) is 11.8 Å². The third-order valence-electron chi connectivity index (χ3n) is 5.18. The van der Waals surface area contributed by atoms with E-state index in [9.17, 15) is 24.3 Å². The Hall–Kier alpha value is -2.81. The van der Waals surface area contributed by atoms with E-state index in [0.29, 0.717) is 6.42 Å². The number of carbonyl (C=O) groups excluding carboxylic acids is 3. The minimum atomic E-state index is -1.08. The molecule has 2 amide bonds. The first-order valence-corrected chi connectivity index (χ1v) is 11.5. The van der Waals surface area contributed by atoms with Crippen LogP contribution in [0.4, 0.5) is 0 Å². The summed E-state index contributed by atoms with van der Waals surface area (Å²) in [4.78, 5) is 52.2. The van der Waals surface area contributed by atoms with Crippen LogP contribution in [-0.4, -0.2) is 51.3 Å². The van der Waals surface area contributed by atoms with Gasteiger partial charge in [-0.15, -0.1) is 0 Å². The zero-order chi connectivity index (χ0) is 23.8. The SMILES string of the molecule is CNC(=O)[C@H](Cc1c[nH]c2ccccc12)NC(=O)C(CC(C)C)C(CC(=O)O)SC(C)=O. The molecule has 174 valence electrons. The number of H-pyrrole nitrogens is 1. The summed E-state index contributed by atoms with van der Waals surface area (Å²) in [5.41, 5.74) is 1.82. The first-order valence-electron chi connectivity index (χ1n) is 10.6. The molecule has 0 aliphatic rings. The second kappa shape index (κ2) is 11.7. The van der Waals surface area contributed by atoms with E-state index in [4.69, 9.17) is 0 Å². The smallest absolute Gasteiger partial charge is 0.304 e. The number of para-hydroxylation sites is 1. The fraction of sp³-hybridized carbons (Fsp3) is 0.478. The minimum Gasteiger partial charge on any atom is -0.481 e. The number of aromatic nitrogens is 1. The van der Waals surface area contributed by atoms with Gasteiger partial charge in [0.15, 0.2) is 5.12 Å². The zero-order valence-electron chi connectivity index (χ0n) is 18.8. The monoisotopic (exact) mass is 461 g/mol. The largest absolute Gasteiger partial charge is 0.481 e. The quantitative estimate of drug-likeness (QED) is 0.407. The maximum absolute atomic E-state index is 13.3. The van der Waals surface area contributed by atoms with Crippen molar-refractivity contribution in [3.63, 3.8) is 0 Å². The van der Waals surface area contributed by atoms with Crippen LogP contribution >= 0.6 is 11.8 Å². The van der Waals surface area contributed by atoms with Crippen molar-refractivity contribution in [1.29, 1.82) is 0 Å². The predicted octanol–water partition coefficient (Wildman–Crippen LogP) is 2.73. The summed E-state index contributed by atoms with van der Waals surface area (Å²) in [6.45, 7) is 5.21. The van der Waals surface area contributed by atoms with E-state index in [2.05, 4.69) is 15.6 Å². The van der Waals surface area contributed by atoms with Crippen molar-refractivity contribution in [2.75, 3.05) is 7.05 Å². The highest BCUT2D eigenvalue weighted by molar-refractivity contribution is 8.14. The van der Waals surface area contributed by atoms with E-state index in [0.717, 1.165) is 28.2 Å². The van der Waals surface area contributed by atoms with Gasteiger partial charge in [-0.1, -0.05) is 43.8 Å². The summed E-state index contributed by atoms with van der Waals surface area (Å²) < 4.78 is 0. The molecule has 0 aliphatic heterocycles.